The van der Waals surface area contributed by atoms with Gasteiger partial charge in [0.05, 0.1) is 0 Å². The number of imide groups is 1. The zero-order valence-electron chi connectivity index (χ0n) is 9.83. The standard InChI is InChI=1S/C11H16N4O2/c1-12-11(17)15-10(16)9-5-3-8(4-6-9)7-14-13-2/h3-6,13-14H,7H2,1-2H3,(H2,12,15,16,17). The van der Waals surface area contributed by atoms with E-state index in [0.29, 0.717) is 12.1 Å². The van der Waals surface area contributed by atoms with Crippen molar-refractivity contribution < 1.29 is 9.59 Å². The van der Waals surface area contributed by atoms with Gasteiger partial charge in [-0.15, -0.1) is 0 Å². The smallest absolute Gasteiger partial charge is 0.321 e. The van der Waals surface area contributed by atoms with Gasteiger partial charge in [-0.25, -0.2) is 4.79 Å². The monoisotopic (exact) mass is 236 g/mol. The molecule has 0 unspecified atom stereocenters. The summed E-state index contributed by atoms with van der Waals surface area (Å²) in [6.45, 7) is 0.661. The largest absolute Gasteiger partial charge is 0.341 e. The fourth-order valence-electron chi connectivity index (χ4n) is 1.20. The summed E-state index contributed by atoms with van der Waals surface area (Å²) in [5.74, 6) is -0.419. The predicted molar refractivity (Wildman–Crippen MR) is 64.3 cm³/mol. The van der Waals surface area contributed by atoms with Gasteiger partial charge < -0.3 is 5.32 Å². The van der Waals surface area contributed by atoms with E-state index in [1.807, 2.05) is 12.1 Å². The molecule has 1 aromatic rings. The SMILES string of the molecule is CNNCc1ccc(C(=O)NC(=O)NC)cc1. The average molecular weight is 236 g/mol. The predicted octanol–water partition coefficient (Wildman–Crippen LogP) is -0.0202. The van der Waals surface area contributed by atoms with E-state index in [9.17, 15) is 9.59 Å². The average Bonchev–Trinajstić information content (AvgIpc) is 2.36. The molecule has 1 aromatic carbocycles. The van der Waals surface area contributed by atoms with E-state index in [-0.39, 0.29) is 0 Å². The lowest BCUT2D eigenvalue weighted by molar-refractivity contribution is 0.0964. The Labute approximate surface area is 99.7 Å². The van der Waals surface area contributed by atoms with E-state index in [0.717, 1.165) is 5.56 Å². The lowest BCUT2D eigenvalue weighted by Gasteiger charge is -2.05. The zero-order chi connectivity index (χ0) is 12.7. The van der Waals surface area contributed by atoms with Gasteiger partial charge in [0.1, 0.15) is 0 Å². The lowest BCUT2D eigenvalue weighted by Crippen LogP contribution is -2.37. The Morgan fingerprint density at radius 1 is 1.12 bits per heavy atom. The Morgan fingerprint density at radius 3 is 2.29 bits per heavy atom. The van der Waals surface area contributed by atoms with E-state index in [1.165, 1.54) is 7.05 Å². The van der Waals surface area contributed by atoms with Crippen molar-refractivity contribution in [1.82, 2.24) is 21.5 Å². The number of benzene rings is 1. The second-order valence-corrected chi connectivity index (χ2v) is 3.33. The van der Waals surface area contributed by atoms with Crippen LogP contribution >= 0.6 is 0 Å². The van der Waals surface area contributed by atoms with E-state index < -0.39 is 11.9 Å². The molecule has 0 atom stereocenters. The van der Waals surface area contributed by atoms with Crippen LogP contribution in [0.3, 0.4) is 0 Å². The van der Waals surface area contributed by atoms with Gasteiger partial charge in [0.15, 0.2) is 0 Å². The summed E-state index contributed by atoms with van der Waals surface area (Å²) in [5.41, 5.74) is 7.23. The normalized spacial score (nSPS) is 9.76. The van der Waals surface area contributed by atoms with Crippen LogP contribution in [0.1, 0.15) is 15.9 Å². The third-order valence-corrected chi connectivity index (χ3v) is 2.14. The molecule has 3 amide bonds. The van der Waals surface area contributed by atoms with Crippen molar-refractivity contribution >= 4 is 11.9 Å². The summed E-state index contributed by atoms with van der Waals surface area (Å²) in [7, 11) is 3.24. The fourth-order valence-corrected chi connectivity index (χ4v) is 1.20. The number of hydrogen-bond donors (Lipinski definition) is 4. The molecule has 0 radical (unpaired) electrons. The van der Waals surface area contributed by atoms with Crippen LogP contribution in [0.4, 0.5) is 4.79 Å². The Balaban J connectivity index is 2.60. The fraction of sp³-hybridized carbons (Fsp3) is 0.273. The van der Waals surface area contributed by atoms with Crippen LogP contribution in [0.15, 0.2) is 24.3 Å². The maximum absolute atomic E-state index is 11.5. The highest BCUT2D eigenvalue weighted by molar-refractivity contribution is 6.04. The van der Waals surface area contributed by atoms with Gasteiger partial charge in [0.25, 0.3) is 5.91 Å². The molecule has 6 heteroatoms. The summed E-state index contributed by atoms with van der Waals surface area (Å²) >= 11 is 0. The molecule has 0 aliphatic rings. The molecule has 0 heterocycles. The molecule has 6 nitrogen and oxygen atoms in total. The van der Waals surface area contributed by atoms with Crippen molar-refractivity contribution in [2.24, 2.45) is 0 Å². The molecule has 0 saturated carbocycles. The molecule has 17 heavy (non-hydrogen) atoms. The van der Waals surface area contributed by atoms with Crippen molar-refractivity contribution in [1.29, 1.82) is 0 Å². The van der Waals surface area contributed by atoms with Crippen molar-refractivity contribution in [2.75, 3.05) is 14.1 Å². The minimum absolute atomic E-state index is 0.419. The molecule has 0 aliphatic heterocycles. The first kappa shape index (κ1) is 13.1. The van der Waals surface area contributed by atoms with Crippen LogP contribution in [-0.2, 0) is 6.54 Å². The molecule has 1 rings (SSSR count). The van der Waals surface area contributed by atoms with Gasteiger partial charge in [-0.05, 0) is 24.7 Å². The quantitative estimate of drug-likeness (QED) is 0.554. The van der Waals surface area contributed by atoms with Gasteiger partial charge in [0, 0.05) is 19.2 Å². The second-order valence-electron chi connectivity index (χ2n) is 3.33. The molecule has 0 aromatic heterocycles. The highest BCUT2D eigenvalue weighted by Gasteiger charge is 2.08. The van der Waals surface area contributed by atoms with E-state index in [1.54, 1.807) is 19.2 Å². The molecule has 0 fully saturated rings. The van der Waals surface area contributed by atoms with Gasteiger partial charge in [0.2, 0.25) is 0 Å². The number of amides is 3. The molecule has 4 N–H and O–H groups in total. The van der Waals surface area contributed by atoms with Crippen LogP contribution < -0.4 is 21.5 Å². The van der Waals surface area contributed by atoms with Crippen LogP contribution in [0.2, 0.25) is 0 Å². The topological polar surface area (TPSA) is 82.3 Å². The minimum atomic E-state index is -0.518. The van der Waals surface area contributed by atoms with Gasteiger partial charge in [-0.3, -0.25) is 21.0 Å². The van der Waals surface area contributed by atoms with Crippen LogP contribution in [0, 0.1) is 0 Å². The second kappa shape index (κ2) is 6.62. The molecule has 0 saturated heterocycles. The van der Waals surface area contributed by atoms with Gasteiger partial charge >= 0.3 is 6.03 Å². The maximum atomic E-state index is 11.5. The minimum Gasteiger partial charge on any atom is -0.341 e. The third-order valence-electron chi connectivity index (χ3n) is 2.14. The zero-order valence-corrected chi connectivity index (χ0v) is 9.83. The first-order valence-electron chi connectivity index (χ1n) is 5.19. The maximum Gasteiger partial charge on any atom is 0.321 e. The molecular formula is C11H16N4O2. The van der Waals surface area contributed by atoms with Crippen LogP contribution in [-0.4, -0.2) is 26.0 Å². The Kier molecular flexibility index (Phi) is 5.12. The van der Waals surface area contributed by atoms with Crippen molar-refractivity contribution in [3.05, 3.63) is 35.4 Å². The summed E-state index contributed by atoms with van der Waals surface area (Å²) in [4.78, 5) is 22.5. The summed E-state index contributed by atoms with van der Waals surface area (Å²) in [5, 5.41) is 4.51. The van der Waals surface area contributed by atoms with Crippen molar-refractivity contribution in [3.63, 3.8) is 0 Å². The first-order valence-corrected chi connectivity index (χ1v) is 5.19. The number of hydrogen-bond acceptors (Lipinski definition) is 4. The number of nitrogens with one attached hydrogen (secondary N) is 4. The molecule has 92 valence electrons. The van der Waals surface area contributed by atoms with E-state index in [2.05, 4.69) is 21.5 Å². The van der Waals surface area contributed by atoms with Crippen molar-refractivity contribution in [3.8, 4) is 0 Å². The van der Waals surface area contributed by atoms with Gasteiger partial charge in [-0.1, -0.05) is 12.1 Å². The number of hydrazine groups is 1. The summed E-state index contributed by atoms with van der Waals surface area (Å²) < 4.78 is 0. The summed E-state index contributed by atoms with van der Waals surface area (Å²) in [6, 6.07) is 6.47. The lowest BCUT2D eigenvalue weighted by atomic mass is 10.1. The summed E-state index contributed by atoms with van der Waals surface area (Å²) in [6.07, 6.45) is 0. The Morgan fingerprint density at radius 2 is 1.76 bits per heavy atom. The number of carbonyl (C=O) groups excluding carboxylic acids is 2. The third kappa shape index (κ3) is 4.21. The van der Waals surface area contributed by atoms with Crippen LogP contribution in [0.25, 0.3) is 0 Å². The number of rotatable bonds is 4. The number of urea groups is 1. The molecular weight excluding hydrogens is 220 g/mol. The highest BCUT2D eigenvalue weighted by Crippen LogP contribution is 2.03. The Hall–Kier alpha value is -1.92. The van der Waals surface area contributed by atoms with E-state index >= 15 is 0 Å². The first-order chi connectivity index (χ1) is 8.17. The highest BCUT2D eigenvalue weighted by atomic mass is 16.2. The van der Waals surface area contributed by atoms with E-state index in [4.69, 9.17) is 0 Å². The molecule has 0 aliphatic carbocycles. The Bertz CT molecular complexity index is 389. The van der Waals surface area contributed by atoms with Crippen molar-refractivity contribution in [2.45, 2.75) is 6.54 Å². The molecule has 0 spiro atoms. The molecule has 0 bridgehead atoms. The van der Waals surface area contributed by atoms with Crippen LogP contribution in [0.5, 0.6) is 0 Å². The number of carbonyl (C=O) groups is 2. The van der Waals surface area contributed by atoms with Gasteiger partial charge in [-0.2, -0.15) is 0 Å².